The number of hydrogen-bond acceptors (Lipinski definition) is 4. The summed E-state index contributed by atoms with van der Waals surface area (Å²) in [6, 6.07) is 11.3. The number of carbonyl (C=O) groups excluding carboxylic acids is 2. The second kappa shape index (κ2) is 9.74. The second-order valence-corrected chi connectivity index (χ2v) is 8.49. The summed E-state index contributed by atoms with van der Waals surface area (Å²) < 4.78 is 67.7. The molecule has 0 aliphatic rings. The number of carbonyl (C=O) groups is 2. The number of para-hydroxylation sites is 1. The molecule has 33 heavy (non-hydrogen) atoms. The van der Waals surface area contributed by atoms with E-state index in [2.05, 4.69) is 15.4 Å². The fourth-order valence-corrected chi connectivity index (χ4v) is 3.95. The van der Waals surface area contributed by atoms with E-state index in [4.69, 9.17) is 0 Å². The van der Waals surface area contributed by atoms with Gasteiger partial charge in [0.15, 0.2) is 11.6 Å². The lowest BCUT2D eigenvalue weighted by Crippen LogP contribution is -2.39. The fraction of sp³-hybridized carbons (Fsp3) is 0.0909. The van der Waals surface area contributed by atoms with E-state index in [-0.39, 0.29) is 21.7 Å². The number of likely N-dealkylation sites (N-methyl/N-ethyl adjacent to an activating group) is 1. The van der Waals surface area contributed by atoms with Crippen LogP contribution in [0.15, 0.2) is 71.6 Å². The van der Waals surface area contributed by atoms with E-state index >= 15 is 0 Å². The molecule has 3 N–H and O–H groups in total. The van der Waals surface area contributed by atoms with Crippen molar-refractivity contribution in [2.45, 2.75) is 10.9 Å². The minimum absolute atomic E-state index is 0.00340. The van der Waals surface area contributed by atoms with Gasteiger partial charge in [0.05, 0.1) is 10.6 Å². The highest BCUT2D eigenvalue weighted by Gasteiger charge is 2.24. The van der Waals surface area contributed by atoms with Crippen LogP contribution in [0.3, 0.4) is 0 Å². The standard InChI is InChI=1S/C22H18F3N3O4S/c1-26-22(30)20(14-8-11-16(23)18(25)12-14)27-21(29)13-6-9-15(10-7-13)33(31,32)28-19-5-3-2-4-17(19)24/h2-12,20,28H,1H3,(H,26,30)(H,27,29). The quantitative estimate of drug-likeness (QED) is 0.486. The minimum atomic E-state index is -4.13. The lowest BCUT2D eigenvalue weighted by molar-refractivity contribution is -0.122. The minimum Gasteiger partial charge on any atom is -0.357 e. The smallest absolute Gasteiger partial charge is 0.261 e. The molecule has 0 fully saturated rings. The first kappa shape index (κ1) is 23.8. The van der Waals surface area contributed by atoms with Crippen LogP contribution in [0.25, 0.3) is 0 Å². The first-order valence-corrected chi connectivity index (χ1v) is 11.0. The van der Waals surface area contributed by atoms with Crippen molar-refractivity contribution in [2.24, 2.45) is 0 Å². The summed E-state index contributed by atoms with van der Waals surface area (Å²) in [4.78, 5) is 24.6. The van der Waals surface area contributed by atoms with Gasteiger partial charge in [-0.2, -0.15) is 0 Å². The summed E-state index contributed by atoms with van der Waals surface area (Å²) in [7, 11) is -2.82. The van der Waals surface area contributed by atoms with Crippen molar-refractivity contribution in [2.75, 3.05) is 11.8 Å². The molecule has 0 heterocycles. The number of rotatable bonds is 7. The number of anilines is 1. The van der Waals surface area contributed by atoms with Gasteiger partial charge >= 0.3 is 0 Å². The Bertz CT molecular complexity index is 1300. The van der Waals surface area contributed by atoms with Gasteiger partial charge in [0.1, 0.15) is 11.9 Å². The molecule has 172 valence electrons. The van der Waals surface area contributed by atoms with Crippen LogP contribution in [-0.4, -0.2) is 27.3 Å². The number of hydrogen-bond donors (Lipinski definition) is 3. The highest BCUT2D eigenvalue weighted by atomic mass is 32.2. The van der Waals surface area contributed by atoms with E-state index < -0.39 is 45.3 Å². The third-order valence-electron chi connectivity index (χ3n) is 4.61. The molecule has 0 bridgehead atoms. The van der Waals surface area contributed by atoms with Gasteiger partial charge in [-0.1, -0.05) is 18.2 Å². The average molecular weight is 477 g/mol. The maximum atomic E-state index is 13.8. The molecule has 7 nitrogen and oxygen atoms in total. The number of sulfonamides is 1. The Morgan fingerprint density at radius 3 is 2.12 bits per heavy atom. The van der Waals surface area contributed by atoms with E-state index in [1.54, 1.807) is 0 Å². The second-order valence-electron chi connectivity index (χ2n) is 6.80. The molecule has 0 radical (unpaired) electrons. The molecule has 3 aromatic rings. The van der Waals surface area contributed by atoms with Crippen LogP contribution in [0.1, 0.15) is 22.0 Å². The van der Waals surface area contributed by atoms with Crippen LogP contribution in [0, 0.1) is 17.5 Å². The van der Waals surface area contributed by atoms with Crippen LogP contribution in [0.4, 0.5) is 18.9 Å². The van der Waals surface area contributed by atoms with Crippen molar-refractivity contribution in [1.82, 2.24) is 10.6 Å². The zero-order chi connectivity index (χ0) is 24.2. The lowest BCUT2D eigenvalue weighted by atomic mass is 10.0. The lowest BCUT2D eigenvalue weighted by Gasteiger charge is -2.18. The summed E-state index contributed by atoms with van der Waals surface area (Å²) in [6.07, 6.45) is 0. The maximum Gasteiger partial charge on any atom is 0.261 e. The van der Waals surface area contributed by atoms with Crippen molar-refractivity contribution in [3.05, 3.63) is 95.3 Å². The predicted octanol–water partition coefficient (Wildman–Crippen LogP) is 3.12. The van der Waals surface area contributed by atoms with E-state index in [0.29, 0.717) is 0 Å². The summed E-state index contributed by atoms with van der Waals surface area (Å²) >= 11 is 0. The molecule has 1 unspecified atom stereocenters. The van der Waals surface area contributed by atoms with Crippen LogP contribution in [0.5, 0.6) is 0 Å². The molecular formula is C22H18F3N3O4S. The van der Waals surface area contributed by atoms with E-state index in [1.165, 1.54) is 37.4 Å². The van der Waals surface area contributed by atoms with Gasteiger partial charge in [0.2, 0.25) is 5.91 Å². The molecule has 1 atom stereocenters. The molecule has 0 aliphatic heterocycles. The van der Waals surface area contributed by atoms with E-state index in [1.807, 2.05) is 0 Å². The van der Waals surface area contributed by atoms with Crippen molar-refractivity contribution in [1.29, 1.82) is 0 Å². The molecule has 0 aliphatic carbocycles. The molecule has 0 spiro atoms. The number of nitrogens with one attached hydrogen (secondary N) is 3. The number of halogens is 3. The van der Waals surface area contributed by atoms with Crippen LogP contribution >= 0.6 is 0 Å². The summed E-state index contributed by atoms with van der Waals surface area (Å²) in [6.45, 7) is 0. The van der Waals surface area contributed by atoms with Crippen molar-refractivity contribution >= 4 is 27.5 Å². The highest BCUT2D eigenvalue weighted by molar-refractivity contribution is 7.92. The first-order chi connectivity index (χ1) is 15.6. The van der Waals surface area contributed by atoms with E-state index in [0.717, 1.165) is 36.4 Å². The van der Waals surface area contributed by atoms with Crippen molar-refractivity contribution in [3.8, 4) is 0 Å². The third kappa shape index (κ3) is 5.50. The predicted molar refractivity (Wildman–Crippen MR) is 114 cm³/mol. The number of benzene rings is 3. The van der Waals surface area contributed by atoms with Gasteiger partial charge in [-0.25, -0.2) is 21.6 Å². The molecule has 3 aromatic carbocycles. The van der Waals surface area contributed by atoms with E-state index in [9.17, 15) is 31.2 Å². The largest absolute Gasteiger partial charge is 0.357 e. The Balaban J connectivity index is 1.80. The van der Waals surface area contributed by atoms with Gasteiger partial charge in [-0.3, -0.25) is 14.3 Å². The zero-order valence-electron chi connectivity index (χ0n) is 17.1. The Morgan fingerprint density at radius 2 is 1.52 bits per heavy atom. The normalized spacial score (nSPS) is 12.0. The third-order valence-corrected chi connectivity index (χ3v) is 5.99. The SMILES string of the molecule is CNC(=O)C(NC(=O)c1ccc(S(=O)(=O)Nc2ccccc2F)cc1)c1ccc(F)c(F)c1. The Hall–Kier alpha value is -3.86. The highest BCUT2D eigenvalue weighted by Crippen LogP contribution is 2.21. The van der Waals surface area contributed by atoms with Gasteiger partial charge in [-0.15, -0.1) is 0 Å². The van der Waals surface area contributed by atoms with Gasteiger partial charge in [0.25, 0.3) is 15.9 Å². The van der Waals surface area contributed by atoms with Gasteiger partial charge in [-0.05, 0) is 54.1 Å². The van der Waals surface area contributed by atoms with Crippen molar-refractivity contribution < 1.29 is 31.2 Å². The maximum absolute atomic E-state index is 13.8. The van der Waals surface area contributed by atoms with Crippen LogP contribution in [0.2, 0.25) is 0 Å². The van der Waals surface area contributed by atoms with Gasteiger partial charge < -0.3 is 10.6 Å². The molecule has 0 saturated heterocycles. The first-order valence-electron chi connectivity index (χ1n) is 9.47. The Labute approximate surface area is 187 Å². The van der Waals surface area contributed by atoms with Crippen LogP contribution < -0.4 is 15.4 Å². The summed E-state index contributed by atoms with van der Waals surface area (Å²) in [5, 5.41) is 4.72. The summed E-state index contributed by atoms with van der Waals surface area (Å²) in [5.74, 6) is -4.49. The molecule has 0 saturated carbocycles. The monoisotopic (exact) mass is 477 g/mol. The molecular weight excluding hydrogens is 459 g/mol. The molecule has 2 amide bonds. The van der Waals surface area contributed by atoms with Gasteiger partial charge in [0, 0.05) is 12.6 Å². The summed E-state index contributed by atoms with van der Waals surface area (Å²) in [5.41, 5.74) is -0.231. The molecule has 11 heteroatoms. The Morgan fingerprint density at radius 1 is 0.848 bits per heavy atom. The molecule has 3 rings (SSSR count). The topological polar surface area (TPSA) is 104 Å². The molecule has 0 aromatic heterocycles. The fourth-order valence-electron chi connectivity index (χ4n) is 2.88. The Kier molecular flexibility index (Phi) is 7.02. The average Bonchev–Trinajstić information content (AvgIpc) is 2.80. The zero-order valence-corrected chi connectivity index (χ0v) is 17.9. The van der Waals surface area contributed by atoms with Crippen LogP contribution in [-0.2, 0) is 14.8 Å². The van der Waals surface area contributed by atoms with Crippen molar-refractivity contribution in [3.63, 3.8) is 0 Å². The number of amides is 2.